The highest BCUT2D eigenvalue weighted by atomic mass is 32.2. The molecule has 1 aliphatic rings. The molecule has 3 amide bonds. The van der Waals surface area contributed by atoms with Crippen LogP contribution in [0.2, 0.25) is 0 Å². The smallest absolute Gasteiger partial charge is 0.409 e. The monoisotopic (exact) mass is 383 g/mol. The SMILES string of the molecule is CCOC(=O)N1CCC(NC(=O)Nc2cc(S(C)(=O)=O)ccc2C)CC1. The number of likely N-dealkylation sites (tertiary alicyclic amines) is 1. The minimum atomic E-state index is -3.35. The van der Waals surface area contributed by atoms with Crippen molar-refractivity contribution in [1.29, 1.82) is 0 Å². The quantitative estimate of drug-likeness (QED) is 0.829. The predicted molar refractivity (Wildman–Crippen MR) is 98.1 cm³/mol. The first-order valence-corrected chi connectivity index (χ1v) is 10.4. The van der Waals surface area contributed by atoms with Crippen LogP contribution in [0.4, 0.5) is 15.3 Å². The number of hydrogen-bond donors (Lipinski definition) is 2. The first kappa shape index (κ1) is 20.0. The fourth-order valence-electron chi connectivity index (χ4n) is 2.73. The number of carbonyl (C=O) groups excluding carboxylic acids is 2. The Labute approximate surface area is 153 Å². The Morgan fingerprint density at radius 3 is 2.50 bits per heavy atom. The molecule has 1 aliphatic heterocycles. The molecule has 0 spiro atoms. The van der Waals surface area contributed by atoms with Crippen LogP contribution in [0, 0.1) is 6.92 Å². The van der Waals surface area contributed by atoms with E-state index < -0.39 is 15.9 Å². The lowest BCUT2D eigenvalue weighted by atomic mass is 10.1. The Bertz CT molecular complexity index is 771. The third-order valence-electron chi connectivity index (χ3n) is 4.24. The maximum atomic E-state index is 12.2. The lowest BCUT2D eigenvalue weighted by Crippen LogP contribution is -2.47. The number of carbonyl (C=O) groups is 2. The van der Waals surface area contributed by atoms with Crippen molar-refractivity contribution < 1.29 is 22.7 Å². The summed E-state index contributed by atoms with van der Waals surface area (Å²) >= 11 is 0. The Hall–Kier alpha value is -2.29. The van der Waals surface area contributed by atoms with E-state index in [2.05, 4.69) is 10.6 Å². The van der Waals surface area contributed by atoms with Crippen molar-refractivity contribution in [1.82, 2.24) is 10.2 Å². The van der Waals surface area contributed by atoms with E-state index in [9.17, 15) is 18.0 Å². The van der Waals surface area contributed by atoms with Gasteiger partial charge >= 0.3 is 12.1 Å². The summed E-state index contributed by atoms with van der Waals surface area (Å²) in [6.07, 6.45) is 2.06. The van der Waals surface area contributed by atoms with Gasteiger partial charge in [0.2, 0.25) is 0 Å². The van der Waals surface area contributed by atoms with E-state index in [0.717, 1.165) is 11.8 Å². The van der Waals surface area contributed by atoms with Crippen molar-refractivity contribution in [2.24, 2.45) is 0 Å². The van der Waals surface area contributed by atoms with Crippen LogP contribution in [0.25, 0.3) is 0 Å². The summed E-state index contributed by atoms with van der Waals surface area (Å²) < 4.78 is 28.3. The topological polar surface area (TPSA) is 105 Å². The second-order valence-electron chi connectivity index (χ2n) is 6.31. The first-order chi connectivity index (χ1) is 12.2. The fraction of sp³-hybridized carbons (Fsp3) is 0.529. The third-order valence-corrected chi connectivity index (χ3v) is 5.35. The van der Waals surface area contributed by atoms with Crippen LogP contribution >= 0.6 is 0 Å². The van der Waals surface area contributed by atoms with E-state index in [4.69, 9.17) is 4.74 Å². The summed E-state index contributed by atoms with van der Waals surface area (Å²) in [5.41, 5.74) is 1.22. The molecular formula is C17H25N3O5S. The zero-order chi connectivity index (χ0) is 19.3. The largest absolute Gasteiger partial charge is 0.450 e. The van der Waals surface area contributed by atoms with Gasteiger partial charge in [-0.15, -0.1) is 0 Å². The molecule has 1 fully saturated rings. The third kappa shape index (κ3) is 5.35. The molecule has 0 bridgehead atoms. The molecular weight excluding hydrogens is 358 g/mol. The van der Waals surface area contributed by atoms with E-state index in [-0.39, 0.29) is 17.0 Å². The van der Waals surface area contributed by atoms with Gasteiger partial charge < -0.3 is 20.3 Å². The Morgan fingerprint density at radius 1 is 1.27 bits per heavy atom. The molecule has 8 nitrogen and oxygen atoms in total. The van der Waals surface area contributed by atoms with Gasteiger partial charge in [0.25, 0.3) is 0 Å². The molecule has 144 valence electrons. The van der Waals surface area contributed by atoms with Crippen molar-refractivity contribution in [2.75, 3.05) is 31.3 Å². The number of anilines is 1. The number of sulfone groups is 1. The highest BCUT2D eigenvalue weighted by molar-refractivity contribution is 7.90. The molecule has 1 aromatic carbocycles. The number of piperidine rings is 1. The van der Waals surface area contributed by atoms with Gasteiger partial charge in [-0.25, -0.2) is 18.0 Å². The lowest BCUT2D eigenvalue weighted by Gasteiger charge is -2.31. The van der Waals surface area contributed by atoms with Crippen molar-refractivity contribution in [3.05, 3.63) is 23.8 Å². The van der Waals surface area contributed by atoms with Crippen LogP contribution in [0.1, 0.15) is 25.3 Å². The summed E-state index contributed by atoms with van der Waals surface area (Å²) in [5, 5.41) is 5.57. The maximum Gasteiger partial charge on any atom is 0.409 e. The van der Waals surface area contributed by atoms with Crippen LogP contribution < -0.4 is 10.6 Å². The second-order valence-corrected chi connectivity index (χ2v) is 8.32. The van der Waals surface area contributed by atoms with E-state index >= 15 is 0 Å². The van der Waals surface area contributed by atoms with Gasteiger partial charge in [0.15, 0.2) is 9.84 Å². The number of amides is 3. The van der Waals surface area contributed by atoms with Crippen LogP contribution in [0.3, 0.4) is 0 Å². The van der Waals surface area contributed by atoms with Crippen molar-refractivity contribution in [2.45, 2.75) is 37.6 Å². The summed E-state index contributed by atoms with van der Waals surface area (Å²) in [4.78, 5) is 25.7. The number of nitrogens with one attached hydrogen (secondary N) is 2. The van der Waals surface area contributed by atoms with E-state index in [1.807, 2.05) is 0 Å². The number of hydrogen-bond acceptors (Lipinski definition) is 5. The van der Waals surface area contributed by atoms with Gasteiger partial charge in [0.05, 0.1) is 11.5 Å². The molecule has 0 unspecified atom stereocenters. The molecule has 2 N–H and O–H groups in total. The van der Waals surface area contributed by atoms with Gasteiger partial charge in [-0.3, -0.25) is 0 Å². The highest BCUT2D eigenvalue weighted by Gasteiger charge is 2.24. The number of urea groups is 1. The summed E-state index contributed by atoms with van der Waals surface area (Å²) in [6, 6.07) is 4.17. The van der Waals surface area contributed by atoms with E-state index in [0.29, 0.717) is 38.2 Å². The van der Waals surface area contributed by atoms with Crippen molar-refractivity contribution in [3.63, 3.8) is 0 Å². The highest BCUT2D eigenvalue weighted by Crippen LogP contribution is 2.20. The zero-order valence-electron chi connectivity index (χ0n) is 15.2. The van der Waals surface area contributed by atoms with E-state index in [1.165, 1.54) is 12.1 Å². The molecule has 2 rings (SSSR count). The molecule has 0 aromatic heterocycles. The summed E-state index contributed by atoms with van der Waals surface area (Å²) in [6.45, 7) is 4.93. The summed E-state index contributed by atoms with van der Waals surface area (Å²) in [7, 11) is -3.35. The maximum absolute atomic E-state index is 12.2. The molecule has 0 saturated carbocycles. The van der Waals surface area contributed by atoms with Gasteiger partial charge in [-0.1, -0.05) is 6.07 Å². The molecule has 1 saturated heterocycles. The zero-order valence-corrected chi connectivity index (χ0v) is 16.1. The Kier molecular flexibility index (Phi) is 6.47. The minimum Gasteiger partial charge on any atom is -0.450 e. The Morgan fingerprint density at radius 2 is 1.92 bits per heavy atom. The lowest BCUT2D eigenvalue weighted by molar-refractivity contribution is 0.0959. The number of rotatable bonds is 4. The molecule has 1 aromatic rings. The van der Waals surface area contributed by atoms with Crippen LogP contribution in [-0.2, 0) is 14.6 Å². The van der Waals surface area contributed by atoms with Gasteiger partial charge in [-0.2, -0.15) is 0 Å². The molecule has 26 heavy (non-hydrogen) atoms. The minimum absolute atomic E-state index is 0.0564. The second kappa shape index (κ2) is 8.39. The van der Waals surface area contributed by atoms with Crippen LogP contribution in [0.15, 0.2) is 23.1 Å². The van der Waals surface area contributed by atoms with Crippen molar-refractivity contribution >= 4 is 27.6 Å². The molecule has 1 heterocycles. The standard InChI is InChI=1S/C17H25N3O5S/c1-4-25-17(22)20-9-7-13(8-10-20)18-16(21)19-15-11-14(26(3,23)24)6-5-12(15)2/h5-6,11,13H,4,7-10H2,1-3H3,(H2,18,19,21). The number of ether oxygens (including phenoxy) is 1. The average Bonchev–Trinajstić information content (AvgIpc) is 2.56. The first-order valence-electron chi connectivity index (χ1n) is 8.50. The number of benzene rings is 1. The van der Waals surface area contributed by atoms with Gasteiger partial charge in [0.1, 0.15) is 0 Å². The van der Waals surface area contributed by atoms with E-state index in [1.54, 1.807) is 24.8 Å². The molecule has 0 atom stereocenters. The normalized spacial score (nSPS) is 15.4. The number of nitrogens with zero attached hydrogens (tertiary/aromatic N) is 1. The Balaban J connectivity index is 1.91. The molecule has 0 aliphatic carbocycles. The van der Waals surface area contributed by atoms with Crippen LogP contribution in [0.5, 0.6) is 0 Å². The summed E-state index contributed by atoms with van der Waals surface area (Å²) in [5.74, 6) is 0. The number of aryl methyl sites for hydroxylation is 1. The van der Waals surface area contributed by atoms with Crippen LogP contribution in [-0.4, -0.2) is 57.4 Å². The molecule has 9 heteroatoms. The predicted octanol–water partition coefficient (Wildman–Crippen LogP) is 2.14. The average molecular weight is 383 g/mol. The van der Waals surface area contributed by atoms with Crippen molar-refractivity contribution in [3.8, 4) is 0 Å². The molecule has 0 radical (unpaired) electrons. The van der Waals surface area contributed by atoms with Gasteiger partial charge in [-0.05, 0) is 44.4 Å². The fourth-order valence-corrected chi connectivity index (χ4v) is 3.38. The van der Waals surface area contributed by atoms with Gasteiger partial charge in [0, 0.05) is 31.1 Å².